The van der Waals surface area contributed by atoms with E-state index in [-0.39, 0.29) is 16.7 Å². The van der Waals surface area contributed by atoms with Gasteiger partial charge in [0.1, 0.15) is 0 Å². The van der Waals surface area contributed by atoms with Gasteiger partial charge in [-0.1, -0.05) is 19.7 Å². The molecule has 0 fully saturated rings. The van der Waals surface area contributed by atoms with Crippen molar-refractivity contribution in [2.45, 2.75) is 20.8 Å². The number of carboxylic acids is 2. The fraction of sp³-hybridized carbons (Fsp3) is 0.250. The van der Waals surface area contributed by atoms with E-state index >= 15 is 0 Å². The standard InChI is InChI=1S/C4H6O3.2C4H6O2/c1-3(2)4(5)7-6;2*1-3(2)4(5)6/h6H,1H2,2H3;2*1H2,2H3,(H,5,6). The zero-order chi connectivity index (χ0) is 16.2. The highest BCUT2D eigenvalue weighted by molar-refractivity contribution is 5.86. The molecule has 0 aliphatic carbocycles. The number of carbonyl (C=O) groups excluding carboxylic acids is 1. The van der Waals surface area contributed by atoms with E-state index < -0.39 is 17.9 Å². The summed E-state index contributed by atoms with van der Waals surface area (Å²) in [5.74, 6) is -2.66. The van der Waals surface area contributed by atoms with Crippen LogP contribution in [0.2, 0.25) is 0 Å². The molecule has 3 N–H and O–H groups in total. The number of carboxylic acid groups (broad SMARTS) is 2. The van der Waals surface area contributed by atoms with Crippen LogP contribution in [0.25, 0.3) is 0 Å². The maximum atomic E-state index is 9.94. The molecule has 19 heavy (non-hydrogen) atoms. The summed E-state index contributed by atoms with van der Waals surface area (Å²) in [6.45, 7) is 13.8. The van der Waals surface area contributed by atoms with Crippen LogP contribution < -0.4 is 0 Å². The minimum absolute atomic E-state index is 0.176. The smallest absolute Gasteiger partial charge is 0.367 e. The lowest BCUT2D eigenvalue weighted by Crippen LogP contribution is -1.99. The van der Waals surface area contributed by atoms with Crippen molar-refractivity contribution in [3.8, 4) is 0 Å². The molecule has 0 rings (SSSR count). The van der Waals surface area contributed by atoms with E-state index in [1.807, 2.05) is 0 Å². The summed E-state index contributed by atoms with van der Waals surface area (Å²) in [4.78, 5) is 32.4. The Morgan fingerprint density at radius 3 is 1.00 bits per heavy atom. The summed E-state index contributed by atoms with van der Waals surface area (Å²) in [5, 5.41) is 23.4. The van der Waals surface area contributed by atoms with Crippen molar-refractivity contribution in [3.63, 3.8) is 0 Å². The van der Waals surface area contributed by atoms with Gasteiger partial charge in [-0.15, -0.1) is 0 Å². The molecule has 0 radical (unpaired) electrons. The monoisotopic (exact) mass is 274 g/mol. The molecular formula is C12H18O7. The minimum atomic E-state index is -0.935. The third kappa shape index (κ3) is 21.4. The van der Waals surface area contributed by atoms with Crippen molar-refractivity contribution in [1.82, 2.24) is 0 Å². The van der Waals surface area contributed by atoms with Crippen LogP contribution in [0.15, 0.2) is 36.5 Å². The maximum Gasteiger partial charge on any atom is 0.367 e. The molecule has 7 nitrogen and oxygen atoms in total. The Morgan fingerprint density at radius 1 is 0.789 bits per heavy atom. The van der Waals surface area contributed by atoms with Crippen LogP contribution >= 0.6 is 0 Å². The molecule has 0 saturated heterocycles. The van der Waals surface area contributed by atoms with Crippen LogP contribution in [0.4, 0.5) is 0 Å². The SMILES string of the molecule is C=C(C)C(=O)O.C=C(C)C(=O)O.C=C(C)C(=O)OO. The largest absolute Gasteiger partial charge is 0.478 e. The Hall–Kier alpha value is -2.41. The van der Waals surface area contributed by atoms with Crippen molar-refractivity contribution in [2.75, 3.05) is 0 Å². The van der Waals surface area contributed by atoms with Gasteiger partial charge in [-0.2, -0.15) is 5.26 Å². The molecule has 0 saturated carbocycles. The van der Waals surface area contributed by atoms with Crippen LogP contribution in [0.5, 0.6) is 0 Å². The molecule has 0 atom stereocenters. The van der Waals surface area contributed by atoms with E-state index in [0.29, 0.717) is 0 Å². The van der Waals surface area contributed by atoms with E-state index in [2.05, 4.69) is 24.6 Å². The first kappa shape index (κ1) is 21.8. The Labute approximate surface area is 111 Å². The van der Waals surface area contributed by atoms with Gasteiger partial charge >= 0.3 is 17.9 Å². The zero-order valence-electron chi connectivity index (χ0n) is 11.1. The van der Waals surface area contributed by atoms with Crippen LogP contribution in [0.1, 0.15) is 20.8 Å². The molecule has 0 aromatic rings. The summed E-state index contributed by atoms with van der Waals surface area (Å²) in [6, 6.07) is 0. The van der Waals surface area contributed by atoms with Crippen molar-refractivity contribution >= 4 is 17.9 Å². The number of hydrogen-bond donors (Lipinski definition) is 3. The molecular weight excluding hydrogens is 256 g/mol. The molecule has 0 spiro atoms. The lowest BCUT2D eigenvalue weighted by molar-refractivity contribution is -0.229. The van der Waals surface area contributed by atoms with E-state index in [1.165, 1.54) is 20.8 Å². The topological polar surface area (TPSA) is 121 Å². The van der Waals surface area contributed by atoms with Crippen LogP contribution in [-0.4, -0.2) is 33.4 Å². The van der Waals surface area contributed by atoms with Gasteiger partial charge in [-0.3, -0.25) is 4.89 Å². The molecule has 0 aliphatic heterocycles. The fourth-order valence-corrected chi connectivity index (χ4v) is 0.0779. The van der Waals surface area contributed by atoms with E-state index in [0.717, 1.165) is 0 Å². The normalized spacial score (nSPS) is 7.58. The number of hydrogen-bond acceptors (Lipinski definition) is 5. The van der Waals surface area contributed by atoms with Crippen LogP contribution in [0, 0.1) is 0 Å². The van der Waals surface area contributed by atoms with Crippen molar-refractivity contribution < 1.29 is 34.7 Å². The van der Waals surface area contributed by atoms with Crippen LogP contribution in [-0.2, 0) is 19.3 Å². The zero-order valence-corrected chi connectivity index (χ0v) is 11.1. The van der Waals surface area contributed by atoms with Gasteiger partial charge in [0.2, 0.25) is 0 Å². The van der Waals surface area contributed by atoms with Gasteiger partial charge in [0, 0.05) is 16.7 Å². The molecule has 0 bridgehead atoms. The predicted octanol–water partition coefficient (Wildman–Crippen LogP) is 1.87. The highest BCUT2D eigenvalue weighted by Crippen LogP contribution is 1.86. The second-order valence-corrected chi connectivity index (χ2v) is 3.33. The minimum Gasteiger partial charge on any atom is -0.478 e. The van der Waals surface area contributed by atoms with E-state index in [4.69, 9.17) is 15.5 Å². The second kappa shape index (κ2) is 12.1. The Balaban J connectivity index is -0.000000203. The van der Waals surface area contributed by atoms with E-state index in [1.54, 1.807) is 0 Å². The van der Waals surface area contributed by atoms with Gasteiger partial charge in [0.05, 0.1) is 0 Å². The first-order valence-corrected chi connectivity index (χ1v) is 4.76. The highest BCUT2D eigenvalue weighted by Gasteiger charge is 1.98. The fourth-order valence-electron chi connectivity index (χ4n) is 0.0779. The average molecular weight is 274 g/mol. The van der Waals surface area contributed by atoms with Crippen molar-refractivity contribution in [2.24, 2.45) is 0 Å². The first-order valence-electron chi connectivity index (χ1n) is 4.76. The van der Waals surface area contributed by atoms with Gasteiger partial charge in [-0.05, 0) is 20.8 Å². The summed E-state index contributed by atoms with van der Waals surface area (Å²) >= 11 is 0. The average Bonchev–Trinajstić information content (AvgIpc) is 2.29. The molecule has 0 aliphatic rings. The van der Waals surface area contributed by atoms with Crippen LogP contribution in [0.3, 0.4) is 0 Å². The summed E-state index contributed by atoms with van der Waals surface area (Å²) in [5.41, 5.74) is 0.535. The van der Waals surface area contributed by atoms with Gasteiger partial charge in [0.25, 0.3) is 0 Å². The lowest BCUT2D eigenvalue weighted by Gasteiger charge is -1.88. The lowest BCUT2D eigenvalue weighted by atomic mass is 10.4. The summed E-state index contributed by atoms with van der Waals surface area (Å²) in [7, 11) is 0. The highest BCUT2D eigenvalue weighted by atomic mass is 17.1. The molecule has 7 heteroatoms. The van der Waals surface area contributed by atoms with Gasteiger partial charge < -0.3 is 10.2 Å². The first-order chi connectivity index (χ1) is 8.47. The summed E-state index contributed by atoms with van der Waals surface area (Å²) in [6.07, 6.45) is 0. The summed E-state index contributed by atoms with van der Waals surface area (Å²) < 4.78 is 0. The molecule has 0 heterocycles. The quantitative estimate of drug-likeness (QED) is 0.408. The Bertz CT molecular complexity index is 332. The van der Waals surface area contributed by atoms with Gasteiger partial charge in [-0.25, -0.2) is 14.4 Å². The molecule has 0 aromatic carbocycles. The number of carbonyl (C=O) groups is 3. The number of aliphatic carboxylic acids is 2. The van der Waals surface area contributed by atoms with Gasteiger partial charge in [0.15, 0.2) is 0 Å². The number of rotatable bonds is 3. The molecule has 108 valence electrons. The van der Waals surface area contributed by atoms with E-state index in [9.17, 15) is 14.4 Å². The second-order valence-electron chi connectivity index (χ2n) is 3.33. The Kier molecular flexibility index (Phi) is 13.9. The predicted molar refractivity (Wildman–Crippen MR) is 68.4 cm³/mol. The molecule has 0 unspecified atom stereocenters. The van der Waals surface area contributed by atoms with Crippen molar-refractivity contribution in [1.29, 1.82) is 0 Å². The Morgan fingerprint density at radius 2 is 1.00 bits per heavy atom. The third-order valence-corrected chi connectivity index (χ3v) is 1.16. The molecule has 0 aromatic heterocycles. The third-order valence-electron chi connectivity index (χ3n) is 1.16. The van der Waals surface area contributed by atoms with Crippen molar-refractivity contribution in [3.05, 3.63) is 36.5 Å². The maximum absolute atomic E-state index is 9.94. The molecule has 0 amide bonds.